The van der Waals surface area contributed by atoms with E-state index in [-0.39, 0.29) is 18.4 Å². The van der Waals surface area contributed by atoms with E-state index in [9.17, 15) is 9.59 Å². The van der Waals surface area contributed by atoms with Crippen molar-refractivity contribution in [1.29, 1.82) is 0 Å². The third kappa shape index (κ3) is 5.22. The highest BCUT2D eigenvalue weighted by Gasteiger charge is 2.32. The van der Waals surface area contributed by atoms with Gasteiger partial charge in [-0.15, -0.1) is 11.3 Å². The summed E-state index contributed by atoms with van der Waals surface area (Å²) in [4.78, 5) is 28.9. The molecule has 0 atom stereocenters. The van der Waals surface area contributed by atoms with Gasteiger partial charge in [-0.05, 0) is 29.5 Å². The van der Waals surface area contributed by atoms with Crippen LogP contribution in [0.3, 0.4) is 0 Å². The molecule has 1 aliphatic rings. The van der Waals surface area contributed by atoms with Crippen molar-refractivity contribution in [3.05, 3.63) is 62.8 Å². The lowest BCUT2D eigenvalue weighted by molar-refractivity contribution is -0.123. The van der Waals surface area contributed by atoms with Crippen molar-refractivity contribution in [3.63, 3.8) is 0 Å². The molecule has 3 heterocycles. The molecule has 0 radical (unpaired) electrons. The fourth-order valence-corrected chi connectivity index (χ4v) is 5.76. The number of rotatable bonds is 9. The molecular weight excluding hydrogens is 474 g/mol. The number of thioether (sulfide) groups is 1. The summed E-state index contributed by atoms with van der Waals surface area (Å²) < 4.78 is 7.62. The highest BCUT2D eigenvalue weighted by Crippen LogP contribution is 2.35. The Labute approximate surface area is 206 Å². The van der Waals surface area contributed by atoms with Crippen LogP contribution in [-0.2, 0) is 33.8 Å². The Balaban J connectivity index is 1.63. The summed E-state index contributed by atoms with van der Waals surface area (Å²) in [6.07, 6.45) is 4.68. The minimum atomic E-state index is -0.108. The Morgan fingerprint density at radius 1 is 1.27 bits per heavy atom. The number of aryl methyl sites for hydroxylation is 1. The molecule has 6 nitrogen and oxygen atoms in total. The average molecular weight is 500 g/mol. The Kier molecular flexibility index (Phi) is 7.64. The lowest BCUT2D eigenvalue weighted by Crippen LogP contribution is -2.31. The minimum absolute atomic E-state index is 0.0522. The Morgan fingerprint density at radius 2 is 2.12 bits per heavy atom. The van der Waals surface area contributed by atoms with Crippen LogP contribution in [0.25, 0.3) is 17.0 Å². The molecule has 0 unspecified atom stereocenters. The van der Waals surface area contributed by atoms with Crippen molar-refractivity contribution in [3.8, 4) is 0 Å². The highest BCUT2D eigenvalue weighted by atomic mass is 32.2. The number of carbonyl (C=O) groups excluding carboxylic acids is 2. The van der Waals surface area contributed by atoms with Crippen LogP contribution in [0.4, 0.5) is 0 Å². The molecule has 172 valence electrons. The van der Waals surface area contributed by atoms with E-state index in [1.807, 2.05) is 46.5 Å². The molecule has 2 aromatic heterocycles. The van der Waals surface area contributed by atoms with E-state index in [2.05, 4.69) is 18.3 Å². The first-order chi connectivity index (χ1) is 16.0. The number of hydrogen-bond donors (Lipinski definition) is 1. The predicted octanol–water partition coefficient (Wildman–Crippen LogP) is 4.43. The van der Waals surface area contributed by atoms with E-state index in [1.54, 1.807) is 23.3 Å². The quantitative estimate of drug-likeness (QED) is 0.349. The highest BCUT2D eigenvalue weighted by molar-refractivity contribution is 8.26. The monoisotopic (exact) mass is 499 g/mol. The van der Waals surface area contributed by atoms with Gasteiger partial charge in [0.2, 0.25) is 5.91 Å². The van der Waals surface area contributed by atoms with Crippen LogP contribution in [0, 0.1) is 0 Å². The van der Waals surface area contributed by atoms with Gasteiger partial charge in [0, 0.05) is 29.1 Å². The number of fused-ring (bicyclic) bond motifs is 1. The number of thiocarbonyl (C=S) groups is 1. The molecule has 4 rings (SSSR count). The number of nitrogens with zero attached hydrogens (tertiary/aromatic N) is 2. The number of para-hydroxylation sites is 1. The molecule has 1 aliphatic heterocycles. The summed E-state index contributed by atoms with van der Waals surface area (Å²) >= 11 is 8.32. The summed E-state index contributed by atoms with van der Waals surface area (Å²) in [6, 6.07) is 10.1. The zero-order valence-corrected chi connectivity index (χ0v) is 20.9. The van der Waals surface area contributed by atoms with E-state index in [0.29, 0.717) is 28.9 Å². The first-order valence-corrected chi connectivity index (χ1v) is 12.8. The molecule has 0 aliphatic carbocycles. The second-order valence-electron chi connectivity index (χ2n) is 7.56. The molecule has 33 heavy (non-hydrogen) atoms. The van der Waals surface area contributed by atoms with Gasteiger partial charge in [-0.1, -0.05) is 55.2 Å². The number of thiophene rings is 1. The van der Waals surface area contributed by atoms with Crippen LogP contribution in [0.5, 0.6) is 0 Å². The molecule has 1 N–H and O–H groups in total. The Hall–Kier alpha value is -2.46. The normalized spacial score (nSPS) is 15.2. The van der Waals surface area contributed by atoms with Gasteiger partial charge >= 0.3 is 0 Å². The van der Waals surface area contributed by atoms with E-state index in [1.165, 1.54) is 11.8 Å². The van der Waals surface area contributed by atoms with Crippen molar-refractivity contribution in [1.82, 2.24) is 14.8 Å². The van der Waals surface area contributed by atoms with Gasteiger partial charge in [0.05, 0.1) is 30.1 Å². The molecule has 0 saturated carbocycles. The summed E-state index contributed by atoms with van der Waals surface area (Å²) in [5, 5.41) is 6.01. The van der Waals surface area contributed by atoms with E-state index in [4.69, 9.17) is 17.0 Å². The maximum Gasteiger partial charge on any atom is 0.266 e. The van der Waals surface area contributed by atoms with Crippen molar-refractivity contribution in [2.75, 3.05) is 20.3 Å². The lowest BCUT2D eigenvalue weighted by atomic mass is 10.1. The zero-order valence-electron chi connectivity index (χ0n) is 18.5. The van der Waals surface area contributed by atoms with Crippen LogP contribution >= 0.6 is 35.3 Å². The number of nitrogens with one attached hydrogen (secondary N) is 1. The third-order valence-corrected chi connectivity index (χ3v) is 7.68. The number of amides is 2. The van der Waals surface area contributed by atoms with Gasteiger partial charge in [-0.3, -0.25) is 14.5 Å². The minimum Gasteiger partial charge on any atom is -0.383 e. The van der Waals surface area contributed by atoms with Crippen LogP contribution in [0.15, 0.2) is 46.8 Å². The van der Waals surface area contributed by atoms with E-state index < -0.39 is 0 Å². The summed E-state index contributed by atoms with van der Waals surface area (Å²) in [6.45, 7) is 3.70. The first-order valence-electron chi connectivity index (χ1n) is 10.7. The van der Waals surface area contributed by atoms with Gasteiger partial charge in [-0.2, -0.15) is 0 Å². The molecule has 0 spiro atoms. The van der Waals surface area contributed by atoms with Crippen molar-refractivity contribution in [2.24, 2.45) is 0 Å². The Morgan fingerprint density at radius 3 is 2.85 bits per heavy atom. The molecule has 9 heteroatoms. The second-order valence-corrected chi connectivity index (χ2v) is 10.3. The van der Waals surface area contributed by atoms with Crippen LogP contribution in [0.2, 0.25) is 0 Å². The fraction of sp³-hybridized carbons (Fsp3) is 0.292. The van der Waals surface area contributed by atoms with Crippen molar-refractivity contribution < 1.29 is 14.3 Å². The smallest absolute Gasteiger partial charge is 0.266 e. The standard InChI is InChI=1S/C24H25N3O3S3/c1-3-16-6-4-8-19-17(12-20-23(29)27(9-10-30-2)24(31)33-20)14-26(22(16)19)15-21(28)25-13-18-7-5-11-32-18/h4-8,11-12,14H,3,9-10,13,15H2,1-2H3,(H,25,28)/b20-12-. The van der Waals surface area contributed by atoms with Crippen molar-refractivity contribution in [2.45, 2.75) is 26.4 Å². The largest absolute Gasteiger partial charge is 0.383 e. The number of hydrogen-bond acceptors (Lipinski definition) is 6. The molecule has 2 amide bonds. The Bertz CT molecular complexity index is 1210. The van der Waals surface area contributed by atoms with Crippen LogP contribution in [0.1, 0.15) is 22.9 Å². The van der Waals surface area contributed by atoms with Crippen molar-refractivity contribution >= 4 is 68.4 Å². The lowest BCUT2D eigenvalue weighted by Gasteiger charge is -2.12. The number of carbonyl (C=O) groups is 2. The molecule has 1 saturated heterocycles. The maximum absolute atomic E-state index is 12.9. The topological polar surface area (TPSA) is 63.6 Å². The van der Waals surface area contributed by atoms with Gasteiger partial charge in [0.15, 0.2) is 0 Å². The molecule has 1 aromatic carbocycles. The summed E-state index contributed by atoms with van der Waals surface area (Å²) in [5.41, 5.74) is 3.08. The zero-order chi connectivity index (χ0) is 23.4. The predicted molar refractivity (Wildman–Crippen MR) is 139 cm³/mol. The molecule has 3 aromatic rings. The maximum atomic E-state index is 12.9. The SMILES string of the molecule is CCc1cccc2c(/C=C3\SC(=S)N(CCOC)C3=O)cn(CC(=O)NCc3cccs3)c12. The molecule has 0 bridgehead atoms. The van der Waals surface area contributed by atoms with Gasteiger partial charge in [-0.25, -0.2) is 0 Å². The average Bonchev–Trinajstić information content (AvgIpc) is 3.51. The molecule has 1 fully saturated rings. The van der Waals surface area contributed by atoms with Gasteiger partial charge in [0.1, 0.15) is 10.9 Å². The second kappa shape index (κ2) is 10.6. The van der Waals surface area contributed by atoms with Gasteiger partial charge in [0.25, 0.3) is 5.91 Å². The van der Waals surface area contributed by atoms with E-state index in [0.717, 1.165) is 33.3 Å². The summed E-state index contributed by atoms with van der Waals surface area (Å²) in [7, 11) is 1.60. The number of methoxy groups -OCH3 is 1. The first kappa shape index (κ1) is 23.7. The third-order valence-electron chi connectivity index (χ3n) is 5.43. The summed E-state index contributed by atoms with van der Waals surface area (Å²) in [5.74, 6) is -0.160. The number of aromatic nitrogens is 1. The number of ether oxygens (including phenoxy) is 1. The van der Waals surface area contributed by atoms with E-state index >= 15 is 0 Å². The fourth-order valence-electron chi connectivity index (χ4n) is 3.82. The molecular formula is C24H25N3O3S3. The van der Waals surface area contributed by atoms with Gasteiger partial charge < -0.3 is 14.6 Å². The van der Waals surface area contributed by atoms with Crippen LogP contribution in [-0.4, -0.2) is 45.9 Å². The van der Waals surface area contributed by atoms with Crippen LogP contribution < -0.4 is 5.32 Å². The number of benzene rings is 1.